The SMILES string of the molecule is CCC(=O)OC(Cc1ccccc1)C1CCCCC1. The van der Waals surface area contributed by atoms with Gasteiger partial charge < -0.3 is 4.74 Å². The second kappa shape index (κ2) is 7.32. The summed E-state index contributed by atoms with van der Waals surface area (Å²) in [5.74, 6) is 0.482. The average Bonchev–Trinajstić information content (AvgIpc) is 2.48. The van der Waals surface area contributed by atoms with E-state index in [0.717, 1.165) is 6.42 Å². The molecule has 0 saturated heterocycles. The smallest absolute Gasteiger partial charge is 0.305 e. The molecule has 1 aliphatic rings. The fourth-order valence-corrected chi connectivity index (χ4v) is 2.91. The van der Waals surface area contributed by atoms with Gasteiger partial charge in [-0.05, 0) is 24.3 Å². The summed E-state index contributed by atoms with van der Waals surface area (Å²) in [6.45, 7) is 1.86. The zero-order valence-corrected chi connectivity index (χ0v) is 11.8. The zero-order valence-electron chi connectivity index (χ0n) is 11.8. The molecule has 0 heterocycles. The van der Waals surface area contributed by atoms with E-state index in [9.17, 15) is 4.79 Å². The molecule has 0 spiro atoms. The number of esters is 1. The van der Waals surface area contributed by atoms with Crippen LogP contribution < -0.4 is 0 Å². The van der Waals surface area contributed by atoms with Crippen LogP contribution in [0.4, 0.5) is 0 Å². The second-order valence-electron chi connectivity index (χ2n) is 5.47. The molecule has 0 radical (unpaired) electrons. The van der Waals surface area contributed by atoms with Crippen LogP contribution in [0.2, 0.25) is 0 Å². The Morgan fingerprint density at radius 2 is 1.89 bits per heavy atom. The van der Waals surface area contributed by atoms with Crippen LogP contribution in [0.5, 0.6) is 0 Å². The maximum atomic E-state index is 11.6. The summed E-state index contributed by atoms with van der Waals surface area (Å²) in [6, 6.07) is 10.4. The molecule has 19 heavy (non-hydrogen) atoms. The first-order valence-corrected chi connectivity index (χ1v) is 7.53. The zero-order chi connectivity index (χ0) is 13.5. The van der Waals surface area contributed by atoms with Crippen LogP contribution in [0.3, 0.4) is 0 Å². The number of hydrogen-bond acceptors (Lipinski definition) is 2. The van der Waals surface area contributed by atoms with Crippen molar-refractivity contribution >= 4 is 5.97 Å². The van der Waals surface area contributed by atoms with Gasteiger partial charge in [0.2, 0.25) is 0 Å². The van der Waals surface area contributed by atoms with Gasteiger partial charge in [0.15, 0.2) is 0 Å². The van der Waals surface area contributed by atoms with Crippen LogP contribution in [-0.2, 0) is 16.0 Å². The molecule has 1 aromatic carbocycles. The molecule has 0 bridgehead atoms. The van der Waals surface area contributed by atoms with Crippen molar-refractivity contribution in [3.8, 4) is 0 Å². The van der Waals surface area contributed by atoms with E-state index < -0.39 is 0 Å². The number of benzene rings is 1. The first-order valence-electron chi connectivity index (χ1n) is 7.53. The molecule has 1 aliphatic carbocycles. The highest BCUT2D eigenvalue weighted by atomic mass is 16.5. The summed E-state index contributed by atoms with van der Waals surface area (Å²) in [6.07, 6.45) is 7.68. The second-order valence-corrected chi connectivity index (χ2v) is 5.47. The Kier molecular flexibility index (Phi) is 5.44. The third-order valence-electron chi connectivity index (χ3n) is 4.03. The summed E-state index contributed by atoms with van der Waals surface area (Å²) in [5.41, 5.74) is 1.27. The van der Waals surface area contributed by atoms with Gasteiger partial charge in [-0.2, -0.15) is 0 Å². The van der Waals surface area contributed by atoms with Gasteiger partial charge in [-0.3, -0.25) is 4.79 Å². The van der Waals surface area contributed by atoms with Crippen LogP contribution in [0.15, 0.2) is 30.3 Å². The highest BCUT2D eigenvalue weighted by molar-refractivity contribution is 5.69. The summed E-state index contributed by atoms with van der Waals surface area (Å²) in [4.78, 5) is 11.6. The minimum atomic E-state index is -0.0634. The van der Waals surface area contributed by atoms with Gasteiger partial charge in [-0.25, -0.2) is 0 Å². The highest BCUT2D eigenvalue weighted by Gasteiger charge is 2.26. The molecule has 1 saturated carbocycles. The normalized spacial score (nSPS) is 17.9. The first kappa shape index (κ1) is 14.1. The maximum Gasteiger partial charge on any atom is 0.305 e. The minimum absolute atomic E-state index is 0.0634. The van der Waals surface area contributed by atoms with E-state index in [-0.39, 0.29) is 12.1 Å². The van der Waals surface area contributed by atoms with E-state index in [2.05, 4.69) is 24.3 Å². The number of rotatable bonds is 5. The van der Waals surface area contributed by atoms with E-state index >= 15 is 0 Å². The quantitative estimate of drug-likeness (QED) is 0.744. The van der Waals surface area contributed by atoms with Crippen LogP contribution >= 0.6 is 0 Å². The molecule has 104 valence electrons. The van der Waals surface area contributed by atoms with Crippen molar-refractivity contribution in [3.05, 3.63) is 35.9 Å². The minimum Gasteiger partial charge on any atom is -0.462 e. The van der Waals surface area contributed by atoms with Crippen molar-refractivity contribution in [1.82, 2.24) is 0 Å². The van der Waals surface area contributed by atoms with E-state index in [4.69, 9.17) is 4.74 Å². The molecule has 2 rings (SSSR count). The van der Waals surface area contributed by atoms with Gasteiger partial charge >= 0.3 is 5.97 Å². The number of carbonyl (C=O) groups excluding carboxylic acids is 1. The lowest BCUT2D eigenvalue weighted by Crippen LogP contribution is -2.30. The lowest BCUT2D eigenvalue weighted by Gasteiger charge is -2.30. The van der Waals surface area contributed by atoms with Gasteiger partial charge in [0, 0.05) is 12.8 Å². The summed E-state index contributed by atoms with van der Waals surface area (Å²) in [5, 5.41) is 0. The molecule has 0 aliphatic heterocycles. The topological polar surface area (TPSA) is 26.3 Å². The van der Waals surface area contributed by atoms with Crippen molar-refractivity contribution in [2.75, 3.05) is 0 Å². The van der Waals surface area contributed by atoms with Crippen molar-refractivity contribution in [2.24, 2.45) is 5.92 Å². The molecular formula is C17H24O2. The number of hydrogen-bond donors (Lipinski definition) is 0. The Morgan fingerprint density at radius 1 is 1.21 bits per heavy atom. The van der Waals surface area contributed by atoms with Crippen molar-refractivity contribution < 1.29 is 9.53 Å². The predicted molar refractivity (Wildman–Crippen MR) is 76.9 cm³/mol. The van der Waals surface area contributed by atoms with E-state index in [0.29, 0.717) is 12.3 Å². The molecule has 2 nitrogen and oxygen atoms in total. The Labute approximate surface area is 116 Å². The van der Waals surface area contributed by atoms with Gasteiger partial charge in [-0.15, -0.1) is 0 Å². The van der Waals surface area contributed by atoms with E-state index in [1.165, 1.54) is 37.7 Å². The van der Waals surface area contributed by atoms with E-state index in [1.807, 2.05) is 13.0 Å². The standard InChI is InChI=1S/C17H24O2/c1-2-17(18)19-16(15-11-7-4-8-12-15)13-14-9-5-3-6-10-14/h3,5-6,9-10,15-16H,2,4,7-8,11-13H2,1H3. The number of carbonyl (C=O) groups is 1. The van der Waals surface area contributed by atoms with Crippen LogP contribution in [0, 0.1) is 5.92 Å². The van der Waals surface area contributed by atoms with Crippen molar-refractivity contribution in [3.63, 3.8) is 0 Å². The molecule has 0 aromatic heterocycles. The summed E-state index contributed by atoms with van der Waals surface area (Å²) in [7, 11) is 0. The summed E-state index contributed by atoms with van der Waals surface area (Å²) >= 11 is 0. The molecule has 1 fully saturated rings. The molecule has 1 aromatic rings. The van der Waals surface area contributed by atoms with Gasteiger partial charge in [-0.1, -0.05) is 56.5 Å². The Morgan fingerprint density at radius 3 is 2.53 bits per heavy atom. The Hall–Kier alpha value is -1.31. The van der Waals surface area contributed by atoms with Crippen molar-refractivity contribution in [1.29, 1.82) is 0 Å². The Balaban J connectivity index is 2.02. The van der Waals surface area contributed by atoms with E-state index in [1.54, 1.807) is 0 Å². The molecule has 1 atom stereocenters. The van der Waals surface area contributed by atoms with Crippen LogP contribution in [0.25, 0.3) is 0 Å². The lowest BCUT2D eigenvalue weighted by atomic mass is 9.83. The molecule has 0 amide bonds. The average molecular weight is 260 g/mol. The fraction of sp³-hybridized carbons (Fsp3) is 0.588. The van der Waals surface area contributed by atoms with Gasteiger partial charge in [0.25, 0.3) is 0 Å². The first-order chi connectivity index (χ1) is 9.29. The lowest BCUT2D eigenvalue weighted by molar-refractivity contribution is -0.152. The third kappa shape index (κ3) is 4.38. The van der Waals surface area contributed by atoms with Crippen LogP contribution in [-0.4, -0.2) is 12.1 Å². The highest BCUT2D eigenvalue weighted by Crippen LogP contribution is 2.30. The molecule has 0 N–H and O–H groups in total. The molecular weight excluding hydrogens is 236 g/mol. The molecule has 1 unspecified atom stereocenters. The monoisotopic (exact) mass is 260 g/mol. The van der Waals surface area contributed by atoms with Gasteiger partial charge in [0.1, 0.15) is 6.10 Å². The van der Waals surface area contributed by atoms with Gasteiger partial charge in [0.05, 0.1) is 0 Å². The Bertz CT molecular complexity index is 380. The predicted octanol–water partition coefficient (Wildman–Crippen LogP) is 4.13. The van der Waals surface area contributed by atoms with Crippen LogP contribution in [0.1, 0.15) is 51.0 Å². The maximum absolute atomic E-state index is 11.6. The van der Waals surface area contributed by atoms with Crippen molar-refractivity contribution in [2.45, 2.75) is 58.0 Å². The summed E-state index contributed by atoms with van der Waals surface area (Å²) < 4.78 is 5.70. The number of ether oxygens (including phenoxy) is 1. The molecule has 2 heteroatoms. The largest absolute Gasteiger partial charge is 0.462 e. The third-order valence-corrected chi connectivity index (χ3v) is 4.03. The fourth-order valence-electron chi connectivity index (χ4n) is 2.91.